The van der Waals surface area contributed by atoms with Crippen molar-refractivity contribution in [2.45, 2.75) is 13.1 Å². The maximum Gasteiger partial charge on any atom is 0.318 e. The van der Waals surface area contributed by atoms with Crippen LogP contribution >= 0.6 is 11.3 Å². The van der Waals surface area contributed by atoms with Crippen molar-refractivity contribution in [2.24, 2.45) is 0 Å². The number of amides is 2. The number of benzene rings is 1. The Bertz CT molecular complexity index is 587. The largest absolute Gasteiger partial charge is 0.496 e. The molecule has 2 amide bonds. The first-order chi connectivity index (χ1) is 10.7. The molecular formula is C16H20N2O3S. The van der Waals surface area contributed by atoms with Gasteiger partial charge in [0, 0.05) is 18.7 Å². The minimum Gasteiger partial charge on any atom is -0.496 e. The van der Waals surface area contributed by atoms with Gasteiger partial charge in [-0.15, -0.1) is 0 Å². The fourth-order valence-corrected chi connectivity index (χ4v) is 2.76. The van der Waals surface area contributed by atoms with Crippen LogP contribution in [0.2, 0.25) is 0 Å². The van der Waals surface area contributed by atoms with E-state index in [2.05, 4.69) is 5.32 Å². The van der Waals surface area contributed by atoms with Crippen LogP contribution in [0.1, 0.15) is 11.1 Å². The first kappa shape index (κ1) is 16.3. The molecule has 0 radical (unpaired) electrons. The maximum atomic E-state index is 12.3. The molecule has 5 nitrogen and oxygen atoms in total. The number of hydrogen-bond donors (Lipinski definition) is 2. The van der Waals surface area contributed by atoms with E-state index in [1.54, 1.807) is 23.3 Å². The van der Waals surface area contributed by atoms with Crippen molar-refractivity contribution in [2.75, 3.05) is 20.3 Å². The SMILES string of the molecule is COc1ccccc1CN(CCO)C(=O)NCc1ccsc1. The highest BCUT2D eigenvalue weighted by Crippen LogP contribution is 2.19. The molecule has 0 bridgehead atoms. The molecule has 1 aromatic heterocycles. The Hall–Kier alpha value is -2.05. The van der Waals surface area contributed by atoms with Gasteiger partial charge < -0.3 is 20.1 Å². The number of aliphatic hydroxyl groups is 1. The van der Waals surface area contributed by atoms with Crippen LogP contribution in [0.4, 0.5) is 4.79 Å². The quantitative estimate of drug-likeness (QED) is 0.824. The molecule has 22 heavy (non-hydrogen) atoms. The highest BCUT2D eigenvalue weighted by Gasteiger charge is 2.15. The summed E-state index contributed by atoms with van der Waals surface area (Å²) in [5, 5.41) is 16.0. The summed E-state index contributed by atoms with van der Waals surface area (Å²) in [5.74, 6) is 0.732. The molecular weight excluding hydrogens is 300 g/mol. The Balaban J connectivity index is 2.00. The minimum absolute atomic E-state index is 0.0823. The van der Waals surface area contributed by atoms with Crippen LogP contribution < -0.4 is 10.1 Å². The maximum absolute atomic E-state index is 12.3. The average molecular weight is 320 g/mol. The lowest BCUT2D eigenvalue weighted by molar-refractivity contribution is 0.173. The van der Waals surface area contributed by atoms with Crippen LogP contribution in [0.3, 0.4) is 0 Å². The highest BCUT2D eigenvalue weighted by atomic mass is 32.1. The van der Waals surface area contributed by atoms with Gasteiger partial charge >= 0.3 is 6.03 Å². The molecule has 2 N–H and O–H groups in total. The smallest absolute Gasteiger partial charge is 0.318 e. The highest BCUT2D eigenvalue weighted by molar-refractivity contribution is 7.07. The summed E-state index contributed by atoms with van der Waals surface area (Å²) in [6, 6.07) is 9.33. The summed E-state index contributed by atoms with van der Waals surface area (Å²) in [4.78, 5) is 13.9. The molecule has 0 saturated heterocycles. The second-order valence-corrected chi connectivity index (χ2v) is 5.53. The molecule has 0 fully saturated rings. The predicted molar refractivity (Wildman–Crippen MR) is 87.0 cm³/mol. The molecule has 0 atom stereocenters. The number of carbonyl (C=O) groups is 1. The van der Waals surface area contributed by atoms with E-state index < -0.39 is 0 Å². The zero-order valence-electron chi connectivity index (χ0n) is 12.5. The van der Waals surface area contributed by atoms with Crippen molar-refractivity contribution in [3.05, 3.63) is 52.2 Å². The van der Waals surface area contributed by atoms with Crippen LogP contribution in [0.25, 0.3) is 0 Å². The zero-order chi connectivity index (χ0) is 15.8. The number of para-hydroxylation sites is 1. The minimum atomic E-state index is -0.203. The Morgan fingerprint density at radius 2 is 2.18 bits per heavy atom. The van der Waals surface area contributed by atoms with Gasteiger partial charge in [0.2, 0.25) is 0 Å². The van der Waals surface area contributed by atoms with E-state index >= 15 is 0 Å². The molecule has 0 unspecified atom stereocenters. The average Bonchev–Trinajstić information content (AvgIpc) is 3.06. The van der Waals surface area contributed by atoms with Gasteiger partial charge in [0.15, 0.2) is 0 Å². The lowest BCUT2D eigenvalue weighted by atomic mass is 10.2. The summed E-state index contributed by atoms with van der Waals surface area (Å²) in [6.07, 6.45) is 0. The number of methoxy groups -OCH3 is 1. The van der Waals surface area contributed by atoms with Crippen LogP contribution in [-0.2, 0) is 13.1 Å². The van der Waals surface area contributed by atoms with Gasteiger partial charge in [-0.25, -0.2) is 4.79 Å². The summed E-state index contributed by atoms with van der Waals surface area (Å²) in [6.45, 7) is 1.06. The number of ether oxygens (including phenoxy) is 1. The van der Waals surface area contributed by atoms with E-state index in [4.69, 9.17) is 4.74 Å². The molecule has 0 aliphatic heterocycles. The topological polar surface area (TPSA) is 61.8 Å². The third kappa shape index (κ3) is 4.47. The van der Waals surface area contributed by atoms with Crippen LogP contribution in [-0.4, -0.2) is 36.3 Å². The second-order valence-electron chi connectivity index (χ2n) is 4.75. The predicted octanol–water partition coefficient (Wildman–Crippen LogP) is 2.46. The molecule has 2 rings (SSSR count). The molecule has 6 heteroatoms. The molecule has 118 valence electrons. The standard InChI is InChI=1S/C16H20N2O3S/c1-21-15-5-3-2-4-14(15)11-18(7-8-19)16(20)17-10-13-6-9-22-12-13/h2-6,9,12,19H,7-8,10-11H2,1H3,(H,17,20). The number of rotatable bonds is 7. The lowest BCUT2D eigenvalue weighted by Gasteiger charge is -2.23. The number of aliphatic hydroxyl groups excluding tert-OH is 1. The fourth-order valence-electron chi connectivity index (χ4n) is 2.10. The first-order valence-corrected chi connectivity index (χ1v) is 7.95. The third-order valence-electron chi connectivity index (χ3n) is 3.23. The van der Waals surface area contributed by atoms with Gasteiger partial charge in [0.25, 0.3) is 0 Å². The summed E-state index contributed by atoms with van der Waals surface area (Å²) in [7, 11) is 1.60. The molecule has 0 spiro atoms. The van der Waals surface area contributed by atoms with Gasteiger partial charge in [-0.1, -0.05) is 18.2 Å². The van der Waals surface area contributed by atoms with Crippen molar-refractivity contribution >= 4 is 17.4 Å². The van der Waals surface area contributed by atoms with E-state index in [0.717, 1.165) is 16.9 Å². The summed E-state index contributed by atoms with van der Waals surface area (Å²) < 4.78 is 5.30. The van der Waals surface area contributed by atoms with Crippen molar-refractivity contribution in [3.63, 3.8) is 0 Å². The van der Waals surface area contributed by atoms with Crippen molar-refractivity contribution in [1.82, 2.24) is 10.2 Å². The van der Waals surface area contributed by atoms with Crippen molar-refractivity contribution in [3.8, 4) is 5.75 Å². The number of urea groups is 1. The molecule has 0 aliphatic rings. The third-order valence-corrected chi connectivity index (χ3v) is 3.97. The monoisotopic (exact) mass is 320 g/mol. The zero-order valence-corrected chi connectivity index (χ0v) is 13.3. The second kappa shape index (κ2) is 8.41. The molecule has 1 aromatic carbocycles. The number of carbonyl (C=O) groups excluding carboxylic acids is 1. The van der Waals surface area contributed by atoms with Gasteiger partial charge in [-0.05, 0) is 28.5 Å². The van der Waals surface area contributed by atoms with E-state index in [0.29, 0.717) is 13.1 Å². The van der Waals surface area contributed by atoms with Gasteiger partial charge in [0.05, 0.1) is 20.3 Å². The Labute approximate surface area is 134 Å². The number of hydrogen-bond acceptors (Lipinski definition) is 4. The Morgan fingerprint density at radius 1 is 1.36 bits per heavy atom. The fraction of sp³-hybridized carbons (Fsp3) is 0.312. The Morgan fingerprint density at radius 3 is 2.86 bits per heavy atom. The first-order valence-electron chi connectivity index (χ1n) is 7.01. The number of nitrogens with zero attached hydrogens (tertiary/aromatic N) is 1. The van der Waals surface area contributed by atoms with Crippen molar-refractivity contribution < 1.29 is 14.6 Å². The van der Waals surface area contributed by atoms with Gasteiger partial charge in [0.1, 0.15) is 5.75 Å². The van der Waals surface area contributed by atoms with E-state index in [1.165, 1.54) is 0 Å². The molecule has 2 aromatic rings. The van der Waals surface area contributed by atoms with Crippen LogP contribution in [0.15, 0.2) is 41.1 Å². The number of nitrogens with one attached hydrogen (secondary N) is 1. The van der Waals surface area contributed by atoms with E-state index in [1.807, 2.05) is 41.1 Å². The van der Waals surface area contributed by atoms with Crippen LogP contribution in [0.5, 0.6) is 5.75 Å². The summed E-state index contributed by atoms with van der Waals surface area (Å²) in [5.41, 5.74) is 1.98. The lowest BCUT2D eigenvalue weighted by Crippen LogP contribution is -2.40. The summed E-state index contributed by atoms with van der Waals surface area (Å²) >= 11 is 1.60. The molecule has 1 heterocycles. The van der Waals surface area contributed by atoms with E-state index in [-0.39, 0.29) is 19.2 Å². The van der Waals surface area contributed by atoms with E-state index in [9.17, 15) is 9.90 Å². The molecule has 0 saturated carbocycles. The normalized spacial score (nSPS) is 10.3. The molecule has 0 aliphatic carbocycles. The van der Waals surface area contributed by atoms with Gasteiger partial charge in [-0.2, -0.15) is 11.3 Å². The number of thiophene rings is 1. The Kier molecular flexibility index (Phi) is 6.24. The van der Waals surface area contributed by atoms with Crippen LogP contribution in [0, 0.1) is 0 Å². The van der Waals surface area contributed by atoms with Crippen molar-refractivity contribution in [1.29, 1.82) is 0 Å². The van der Waals surface area contributed by atoms with Gasteiger partial charge in [-0.3, -0.25) is 0 Å².